The lowest BCUT2D eigenvalue weighted by molar-refractivity contribution is -0.113. The molecule has 1 N–H and O–H groups in total. The molecule has 3 aromatic rings. The number of benzene rings is 1. The van der Waals surface area contributed by atoms with Gasteiger partial charge in [0.15, 0.2) is 0 Å². The van der Waals surface area contributed by atoms with Crippen molar-refractivity contribution in [2.45, 2.75) is 37.7 Å². The first-order valence-electron chi connectivity index (χ1n) is 11.7. The molecule has 2 aromatic heterocycles. The average molecular weight is 487 g/mol. The van der Waals surface area contributed by atoms with Gasteiger partial charge in [0, 0.05) is 43.3 Å². The lowest BCUT2D eigenvalue weighted by atomic mass is 9.91. The second-order valence-corrected chi connectivity index (χ2v) is 9.21. The van der Waals surface area contributed by atoms with E-state index in [0.29, 0.717) is 31.4 Å². The number of para-hydroxylation sites is 1. The predicted octanol–water partition coefficient (Wildman–Crippen LogP) is 3.24. The SMILES string of the molecule is COC[C@@H](C)Oc1nc(C(=O)N2CC(F)(F)C2)cc(N2CCC(c3[nH]nc4ccccc34)CC2)n1. The number of carbonyl (C=O) groups is 1. The molecule has 2 fully saturated rings. The third kappa shape index (κ3) is 4.90. The normalized spacial score (nSPS) is 19.0. The minimum absolute atomic E-state index is 0.0318. The van der Waals surface area contributed by atoms with Crippen molar-refractivity contribution in [1.82, 2.24) is 25.1 Å². The number of rotatable bonds is 7. The van der Waals surface area contributed by atoms with Gasteiger partial charge in [0.1, 0.15) is 17.6 Å². The van der Waals surface area contributed by atoms with Crippen LogP contribution in [0.5, 0.6) is 6.01 Å². The molecule has 35 heavy (non-hydrogen) atoms. The number of aromatic nitrogens is 4. The Morgan fingerprint density at radius 2 is 1.97 bits per heavy atom. The van der Waals surface area contributed by atoms with E-state index in [9.17, 15) is 13.6 Å². The molecule has 0 unspecified atom stereocenters. The summed E-state index contributed by atoms with van der Waals surface area (Å²) in [5, 5.41) is 8.75. The van der Waals surface area contributed by atoms with Crippen LogP contribution in [0.25, 0.3) is 10.9 Å². The minimum atomic E-state index is -2.85. The molecular weight excluding hydrogens is 458 g/mol. The number of H-pyrrole nitrogens is 1. The maximum absolute atomic E-state index is 13.3. The number of halogens is 2. The first-order chi connectivity index (χ1) is 16.8. The Kier molecular flexibility index (Phi) is 6.26. The number of nitrogens with zero attached hydrogens (tertiary/aromatic N) is 5. The van der Waals surface area contributed by atoms with Crippen LogP contribution in [0.2, 0.25) is 0 Å². The van der Waals surface area contributed by atoms with E-state index in [1.165, 1.54) is 0 Å². The van der Waals surface area contributed by atoms with Gasteiger partial charge in [0.05, 0.1) is 25.2 Å². The number of ether oxygens (including phenoxy) is 2. The molecule has 11 heteroatoms. The molecule has 1 aromatic carbocycles. The number of amides is 1. The molecule has 1 atom stereocenters. The highest BCUT2D eigenvalue weighted by Gasteiger charge is 2.47. The number of likely N-dealkylation sites (tertiary alicyclic amines) is 1. The highest BCUT2D eigenvalue weighted by Crippen LogP contribution is 2.34. The number of hydrogen-bond acceptors (Lipinski definition) is 7. The van der Waals surface area contributed by atoms with Gasteiger partial charge >= 0.3 is 6.01 Å². The van der Waals surface area contributed by atoms with Crippen molar-refractivity contribution >= 4 is 22.6 Å². The summed E-state index contributed by atoms with van der Waals surface area (Å²) in [7, 11) is 1.56. The smallest absolute Gasteiger partial charge is 0.319 e. The lowest BCUT2D eigenvalue weighted by Crippen LogP contribution is -2.58. The molecule has 0 radical (unpaired) electrons. The quantitative estimate of drug-likeness (QED) is 0.548. The monoisotopic (exact) mass is 486 g/mol. The average Bonchev–Trinajstić information content (AvgIpc) is 3.26. The van der Waals surface area contributed by atoms with Gasteiger partial charge in [-0.3, -0.25) is 9.89 Å². The summed E-state index contributed by atoms with van der Waals surface area (Å²) in [5.74, 6) is -2.54. The molecule has 186 valence electrons. The molecule has 2 saturated heterocycles. The van der Waals surface area contributed by atoms with Crippen molar-refractivity contribution < 1.29 is 23.0 Å². The molecule has 5 rings (SSSR count). The summed E-state index contributed by atoms with van der Waals surface area (Å²) >= 11 is 0. The van der Waals surface area contributed by atoms with Crippen LogP contribution in [-0.2, 0) is 4.74 Å². The Bertz CT molecular complexity index is 1200. The van der Waals surface area contributed by atoms with E-state index in [1.54, 1.807) is 20.1 Å². The summed E-state index contributed by atoms with van der Waals surface area (Å²) in [6.45, 7) is 2.32. The molecule has 4 heterocycles. The van der Waals surface area contributed by atoms with Crippen LogP contribution in [0.3, 0.4) is 0 Å². The summed E-state index contributed by atoms with van der Waals surface area (Å²) in [6.07, 6.45) is 1.40. The number of alkyl halides is 2. The molecule has 0 aliphatic carbocycles. The summed E-state index contributed by atoms with van der Waals surface area (Å²) < 4.78 is 37.6. The summed E-state index contributed by atoms with van der Waals surface area (Å²) in [6, 6.07) is 9.65. The maximum Gasteiger partial charge on any atom is 0.319 e. The summed E-state index contributed by atoms with van der Waals surface area (Å²) in [5.41, 5.74) is 2.13. The molecular formula is C24H28F2N6O3. The molecule has 0 bridgehead atoms. The number of nitrogens with one attached hydrogen (secondary N) is 1. The molecule has 0 saturated carbocycles. The van der Waals surface area contributed by atoms with Gasteiger partial charge in [-0.1, -0.05) is 18.2 Å². The van der Waals surface area contributed by atoms with Crippen molar-refractivity contribution in [3.8, 4) is 6.01 Å². The van der Waals surface area contributed by atoms with Crippen molar-refractivity contribution in [1.29, 1.82) is 0 Å². The number of piperidine rings is 1. The van der Waals surface area contributed by atoms with Gasteiger partial charge in [-0.2, -0.15) is 15.1 Å². The Hall–Kier alpha value is -3.34. The van der Waals surface area contributed by atoms with E-state index < -0.39 is 24.9 Å². The summed E-state index contributed by atoms with van der Waals surface area (Å²) in [4.78, 5) is 24.8. The number of hydrogen-bond donors (Lipinski definition) is 1. The third-order valence-corrected chi connectivity index (χ3v) is 6.47. The second-order valence-electron chi connectivity index (χ2n) is 9.21. The van der Waals surface area contributed by atoms with Crippen molar-refractivity contribution in [3.05, 3.63) is 41.7 Å². The predicted molar refractivity (Wildman–Crippen MR) is 125 cm³/mol. The topological polar surface area (TPSA) is 96.5 Å². The number of carbonyl (C=O) groups excluding carboxylic acids is 1. The molecule has 2 aliphatic heterocycles. The van der Waals surface area contributed by atoms with Gasteiger partial charge in [0.25, 0.3) is 11.8 Å². The van der Waals surface area contributed by atoms with E-state index in [1.807, 2.05) is 18.2 Å². The number of fused-ring (bicyclic) bond motifs is 1. The zero-order valence-corrected chi connectivity index (χ0v) is 19.7. The van der Waals surface area contributed by atoms with Crippen LogP contribution < -0.4 is 9.64 Å². The fourth-order valence-electron chi connectivity index (χ4n) is 4.69. The Morgan fingerprint density at radius 1 is 1.23 bits per heavy atom. The molecule has 9 nitrogen and oxygen atoms in total. The molecule has 1 amide bonds. The van der Waals surface area contributed by atoms with E-state index in [-0.39, 0.29) is 17.8 Å². The van der Waals surface area contributed by atoms with Crippen LogP contribution in [0.15, 0.2) is 30.3 Å². The van der Waals surface area contributed by atoms with Crippen LogP contribution in [0.1, 0.15) is 41.9 Å². The first-order valence-corrected chi connectivity index (χ1v) is 11.7. The van der Waals surface area contributed by atoms with E-state index in [2.05, 4.69) is 31.1 Å². The number of methoxy groups -OCH3 is 1. The maximum atomic E-state index is 13.3. The van der Waals surface area contributed by atoms with Gasteiger partial charge < -0.3 is 19.3 Å². The van der Waals surface area contributed by atoms with Gasteiger partial charge in [-0.25, -0.2) is 8.78 Å². The largest absolute Gasteiger partial charge is 0.458 e. The lowest BCUT2D eigenvalue weighted by Gasteiger charge is -2.38. The minimum Gasteiger partial charge on any atom is -0.458 e. The van der Waals surface area contributed by atoms with Crippen LogP contribution in [-0.4, -0.2) is 82.9 Å². The fourth-order valence-corrected chi connectivity index (χ4v) is 4.69. The number of anilines is 1. The zero-order valence-electron chi connectivity index (χ0n) is 19.7. The van der Waals surface area contributed by atoms with Crippen LogP contribution >= 0.6 is 0 Å². The zero-order chi connectivity index (χ0) is 24.6. The van der Waals surface area contributed by atoms with Crippen LogP contribution in [0.4, 0.5) is 14.6 Å². The second kappa shape index (κ2) is 9.37. The van der Waals surface area contributed by atoms with Crippen molar-refractivity contribution in [3.63, 3.8) is 0 Å². The van der Waals surface area contributed by atoms with Crippen molar-refractivity contribution in [2.24, 2.45) is 0 Å². The van der Waals surface area contributed by atoms with Crippen LogP contribution in [0, 0.1) is 0 Å². The Balaban J connectivity index is 1.34. The fraction of sp³-hybridized carbons (Fsp3) is 0.500. The van der Waals surface area contributed by atoms with E-state index in [4.69, 9.17) is 9.47 Å². The Morgan fingerprint density at radius 3 is 2.69 bits per heavy atom. The Labute approximate surface area is 201 Å². The van der Waals surface area contributed by atoms with Crippen molar-refractivity contribution in [2.75, 3.05) is 44.8 Å². The highest BCUT2D eigenvalue weighted by atomic mass is 19.3. The third-order valence-electron chi connectivity index (χ3n) is 6.47. The highest BCUT2D eigenvalue weighted by molar-refractivity contribution is 5.93. The standard InChI is InChI=1S/C24H28F2N6O3/c1-15(12-34-2)35-23-27-19(22(33)32-13-24(25,26)14-32)11-20(28-23)31-9-7-16(8-10-31)21-17-5-3-4-6-18(17)29-30-21/h3-6,11,15-16H,7-10,12-14H2,1-2H3,(H,29,30)/t15-/m1/s1. The van der Waals surface area contributed by atoms with Gasteiger partial charge in [0.2, 0.25) is 0 Å². The number of aromatic amines is 1. The van der Waals surface area contributed by atoms with Gasteiger partial charge in [-0.15, -0.1) is 0 Å². The first kappa shape index (κ1) is 23.4. The van der Waals surface area contributed by atoms with Gasteiger partial charge in [-0.05, 0) is 25.8 Å². The molecule has 0 spiro atoms. The van der Waals surface area contributed by atoms with E-state index >= 15 is 0 Å². The molecule has 2 aliphatic rings. The van der Waals surface area contributed by atoms with E-state index in [0.717, 1.165) is 34.3 Å².